The van der Waals surface area contributed by atoms with Gasteiger partial charge < -0.3 is 41.3 Å². The van der Waals surface area contributed by atoms with E-state index in [2.05, 4.69) is 25.9 Å². The Morgan fingerprint density at radius 1 is 0.880 bits per heavy atom. The molecule has 0 aliphatic carbocycles. The lowest BCUT2D eigenvalue weighted by molar-refractivity contribution is -0.294. The number of carbonyl (C=O) groups is 3. The number of nitrogens with one attached hydrogen (secondary N) is 3. The van der Waals surface area contributed by atoms with E-state index >= 15 is 0 Å². The summed E-state index contributed by atoms with van der Waals surface area (Å²) < 4.78 is 43.1. The lowest BCUT2D eigenvalue weighted by Gasteiger charge is -2.33. The van der Waals surface area contributed by atoms with Gasteiger partial charge in [-0.1, -0.05) is 60.7 Å². The fourth-order valence-electron chi connectivity index (χ4n) is 5.27. The molecule has 15 heteroatoms. The number of piperidine rings is 1. The number of hydrogen-bond acceptors (Lipinski definition) is 7. The molecule has 1 fully saturated rings. The highest BCUT2D eigenvalue weighted by Crippen LogP contribution is 2.21. The van der Waals surface area contributed by atoms with Crippen LogP contribution in [0.25, 0.3) is 0 Å². The number of alkyl halides is 3. The first-order valence-corrected chi connectivity index (χ1v) is 16.1. The van der Waals surface area contributed by atoms with Gasteiger partial charge in [-0.05, 0) is 60.3 Å². The lowest BCUT2D eigenvalue weighted by Crippen LogP contribution is -2.57. The van der Waals surface area contributed by atoms with Crippen molar-refractivity contribution in [1.29, 1.82) is 0 Å². The number of amides is 3. The maximum atomic E-state index is 13.9. The third kappa shape index (κ3) is 11.4. The first-order chi connectivity index (χ1) is 23.9. The Labute approximate surface area is 287 Å². The molecule has 1 saturated heterocycles. The number of benzene rings is 3. The Balaban J connectivity index is 1.46. The number of halogens is 3. The summed E-state index contributed by atoms with van der Waals surface area (Å²) in [7, 11) is 0. The van der Waals surface area contributed by atoms with E-state index in [1.807, 2.05) is 49.4 Å². The predicted octanol–water partition coefficient (Wildman–Crippen LogP) is 2.86. The smallest absolute Gasteiger partial charge is 0.454 e. The average Bonchev–Trinajstić information content (AvgIpc) is 3.11. The van der Waals surface area contributed by atoms with Gasteiger partial charge in [0.25, 0.3) is 5.91 Å². The van der Waals surface area contributed by atoms with Crippen LogP contribution in [0.1, 0.15) is 41.3 Å². The molecule has 50 heavy (non-hydrogen) atoms. The van der Waals surface area contributed by atoms with E-state index in [9.17, 15) is 27.6 Å². The van der Waals surface area contributed by atoms with E-state index in [1.54, 1.807) is 42.5 Å². The quantitative estimate of drug-likeness (QED) is 0.0742. The Kier molecular flexibility index (Phi) is 13.4. The minimum Gasteiger partial charge on any atom is -0.494 e. The third-order valence-corrected chi connectivity index (χ3v) is 7.94. The topological polar surface area (TPSA) is 168 Å². The molecule has 3 aromatic rings. The molecule has 1 aliphatic rings. The van der Waals surface area contributed by atoms with Gasteiger partial charge in [0.1, 0.15) is 17.8 Å². The Morgan fingerprint density at radius 3 is 2.02 bits per heavy atom. The van der Waals surface area contributed by atoms with Gasteiger partial charge in [0.2, 0.25) is 17.8 Å². The van der Waals surface area contributed by atoms with Crippen LogP contribution in [0.15, 0.2) is 90.1 Å². The number of oxime groups is 1. The number of nitrogens with two attached hydrogens (primary N) is 1. The second-order valence-electron chi connectivity index (χ2n) is 11.6. The molecule has 0 spiro atoms. The molecule has 268 valence electrons. The van der Waals surface area contributed by atoms with Crippen molar-refractivity contribution >= 4 is 23.7 Å². The SMILES string of the molecule is CCOc1ccc(C[C@@H](NC(=O)c2ccccc2)C(=O)N[C@@H](Cc2ccccc2)C(=O)NC2CCN(/C(N)=N/OC(O)C(F)(F)F)CC2)cc1. The number of rotatable bonds is 14. The number of ether oxygens (including phenoxy) is 1. The highest BCUT2D eigenvalue weighted by Gasteiger charge is 2.41. The minimum atomic E-state index is -5.02. The Bertz CT molecular complexity index is 1570. The van der Waals surface area contributed by atoms with Gasteiger partial charge >= 0.3 is 12.5 Å². The van der Waals surface area contributed by atoms with Crippen LogP contribution in [0.5, 0.6) is 5.75 Å². The largest absolute Gasteiger partial charge is 0.494 e. The molecule has 1 heterocycles. The van der Waals surface area contributed by atoms with Crippen LogP contribution >= 0.6 is 0 Å². The van der Waals surface area contributed by atoms with E-state index in [4.69, 9.17) is 15.6 Å². The number of nitrogens with zero attached hydrogens (tertiary/aromatic N) is 2. The van der Waals surface area contributed by atoms with Gasteiger partial charge in [0.15, 0.2) is 0 Å². The van der Waals surface area contributed by atoms with Crippen LogP contribution in [0.4, 0.5) is 13.2 Å². The number of hydrogen-bond donors (Lipinski definition) is 5. The van der Waals surface area contributed by atoms with Crippen LogP contribution in [0.2, 0.25) is 0 Å². The molecular weight excluding hydrogens is 657 g/mol. The fraction of sp³-hybridized carbons (Fsp3) is 0.371. The second-order valence-corrected chi connectivity index (χ2v) is 11.6. The van der Waals surface area contributed by atoms with Crippen LogP contribution in [-0.4, -0.2) is 84.0 Å². The summed E-state index contributed by atoms with van der Waals surface area (Å²) in [5.41, 5.74) is 7.68. The maximum Gasteiger partial charge on any atom is 0.454 e. The van der Waals surface area contributed by atoms with Crippen molar-refractivity contribution in [3.63, 3.8) is 0 Å². The molecule has 6 N–H and O–H groups in total. The summed E-state index contributed by atoms with van der Waals surface area (Å²) in [5, 5.41) is 20.8. The highest BCUT2D eigenvalue weighted by atomic mass is 19.4. The van der Waals surface area contributed by atoms with Crippen molar-refractivity contribution in [3.05, 3.63) is 102 Å². The zero-order valence-electron chi connectivity index (χ0n) is 27.4. The standard InChI is InChI=1S/C35H41F3N6O6/c1-2-49-27-15-13-24(14-16-27)22-29(41-30(45)25-11-7-4-8-12-25)32(47)42-28(21-23-9-5-3-6-10-23)31(46)40-26-17-19-44(20-18-26)34(39)43-50-33(48)35(36,37)38/h3-16,26,28-29,33,48H,2,17-22H2,1H3,(H2,39,43)(H,40,46)(H,41,45)(H,42,47)/t28-,29+,33?/m0/s1. The summed E-state index contributed by atoms with van der Waals surface area (Å²) >= 11 is 0. The molecule has 12 nitrogen and oxygen atoms in total. The fourth-order valence-corrected chi connectivity index (χ4v) is 5.27. The third-order valence-electron chi connectivity index (χ3n) is 7.94. The van der Waals surface area contributed by atoms with E-state index in [1.165, 1.54) is 4.90 Å². The first-order valence-electron chi connectivity index (χ1n) is 16.1. The van der Waals surface area contributed by atoms with Gasteiger partial charge in [0, 0.05) is 37.5 Å². The molecule has 1 aliphatic heterocycles. The summed E-state index contributed by atoms with van der Waals surface area (Å²) in [4.78, 5) is 46.3. The second kappa shape index (κ2) is 17.9. The molecule has 1 unspecified atom stereocenters. The summed E-state index contributed by atoms with van der Waals surface area (Å²) in [6.45, 7) is 2.83. The molecule has 3 amide bonds. The normalized spacial score (nSPS) is 15.7. The van der Waals surface area contributed by atoms with Gasteiger partial charge in [-0.3, -0.25) is 14.4 Å². The average molecular weight is 699 g/mol. The summed E-state index contributed by atoms with van der Waals surface area (Å²) in [5.74, 6) is -1.14. The number of aliphatic hydroxyl groups excluding tert-OH is 1. The van der Waals surface area contributed by atoms with E-state index in [-0.39, 0.29) is 37.9 Å². The van der Waals surface area contributed by atoms with Gasteiger partial charge in [0.05, 0.1) is 6.61 Å². The van der Waals surface area contributed by atoms with Crippen LogP contribution in [0.3, 0.4) is 0 Å². The zero-order chi connectivity index (χ0) is 36.1. The molecule has 3 atom stereocenters. The number of guanidine groups is 1. The minimum absolute atomic E-state index is 0.141. The molecule has 0 saturated carbocycles. The Morgan fingerprint density at radius 2 is 1.44 bits per heavy atom. The molecule has 3 aromatic carbocycles. The number of likely N-dealkylation sites (tertiary alicyclic amines) is 1. The predicted molar refractivity (Wildman–Crippen MR) is 179 cm³/mol. The van der Waals surface area contributed by atoms with Crippen molar-refractivity contribution in [2.75, 3.05) is 19.7 Å². The number of carbonyl (C=O) groups excluding carboxylic acids is 3. The molecule has 0 aromatic heterocycles. The molecule has 0 bridgehead atoms. The van der Waals surface area contributed by atoms with Crippen LogP contribution in [-0.2, 0) is 27.3 Å². The summed E-state index contributed by atoms with van der Waals surface area (Å²) in [6, 6.07) is 22.4. The zero-order valence-corrected chi connectivity index (χ0v) is 27.4. The summed E-state index contributed by atoms with van der Waals surface area (Å²) in [6.07, 6.45) is -7.09. The monoisotopic (exact) mass is 698 g/mol. The molecule has 4 rings (SSSR count). The van der Waals surface area contributed by atoms with E-state index < -0.39 is 42.3 Å². The van der Waals surface area contributed by atoms with Gasteiger partial charge in [-0.15, -0.1) is 0 Å². The van der Waals surface area contributed by atoms with Crippen molar-refractivity contribution in [2.24, 2.45) is 10.9 Å². The Hall–Kier alpha value is -5.31. The lowest BCUT2D eigenvalue weighted by atomic mass is 10.0. The van der Waals surface area contributed by atoms with Crippen LogP contribution in [0, 0.1) is 0 Å². The number of aliphatic hydroxyl groups is 1. The highest BCUT2D eigenvalue weighted by molar-refractivity contribution is 5.98. The van der Waals surface area contributed by atoms with Gasteiger partial charge in [-0.2, -0.15) is 13.2 Å². The van der Waals surface area contributed by atoms with Crippen molar-refractivity contribution in [3.8, 4) is 5.75 Å². The van der Waals surface area contributed by atoms with Crippen LogP contribution < -0.4 is 26.4 Å². The van der Waals surface area contributed by atoms with Crippen molar-refractivity contribution < 1.29 is 42.2 Å². The van der Waals surface area contributed by atoms with Gasteiger partial charge in [-0.25, -0.2) is 0 Å². The van der Waals surface area contributed by atoms with Crippen molar-refractivity contribution in [2.45, 2.75) is 63.2 Å². The maximum absolute atomic E-state index is 13.9. The van der Waals surface area contributed by atoms with Crippen molar-refractivity contribution in [1.82, 2.24) is 20.9 Å². The first kappa shape index (κ1) is 37.5. The van der Waals surface area contributed by atoms with E-state index in [0.29, 0.717) is 30.8 Å². The molecule has 0 radical (unpaired) electrons. The van der Waals surface area contributed by atoms with E-state index in [0.717, 1.165) is 11.1 Å². The molecular formula is C35H41F3N6O6.